The van der Waals surface area contributed by atoms with Crippen LogP contribution in [0.4, 0.5) is 20.3 Å². The molecule has 2 aromatic carbocycles. The van der Waals surface area contributed by atoms with E-state index in [-0.39, 0.29) is 17.2 Å². The molecule has 3 aromatic rings. The standard InChI is InChI=1S/C20H18F2N4O/c1-12-6-3-4-7-14(12)11-23-20(27)17-10-18(25-13(2)24-17)26-19-15(21)8-5-9-16(19)22/h3-10H,11H2,1-2H3,(H,23,27)(H,24,25,26). The van der Waals surface area contributed by atoms with Gasteiger partial charge in [-0.25, -0.2) is 18.7 Å². The van der Waals surface area contributed by atoms with Crippen LogP contribution in [0.5, 0.6) is 0 Å². The van der Waals surface area contributed by atoms with E-state index in [9.17, 15) is 13.6 Å². The lowest BCUT2D eigenvalue weighted by Gasteiger charge is -2.11. The van der Waals surface area contributed by atoms with Gasteiger partial charge in [0.15, 0.2) is 0 Å². The summed E-state index contributed by atoms with van der Waals surface area (Å²) in [5.74, 6) is -1.47. The van der Waals surface area contributed by atoms with Gasteiger partial charge in [0, 0.05) is 12.6 Å². The Bertz CT molecular complexity index is 971. The highest BCUT2D eigenvalue weighted by molar-refractivity contribution is 5.93. The molecule has 0 saturated carbocycles. The zero-order valence-electron chi connectivity index (χ0n) is 14.9. The second-order valence-electron chi connectivity index (χ2n) is 6.02. The first-order valence-corrected chi connectivity index (χ1v) is 8.33. The van der Waals surface area contributed by atoms with Crippen molar-refractivity contribution in [2.24, 2.45) is 0 Å². The van der Waals surface area contributed by atoms with Gasteiger partial charge in [-0.1, -0.05) is 30.3 Å². The van der Waals surface area contributed by atoms with Crippen LogP contribution in [0.2, 0.25) is 0 Å². The third-order valence-corrected chi connectivity index (χ3v) is 3.99. The Morgan fingerprint density at radius 1 is 1.00 bits per heavy atom. The van der Waals surface area contributed by atoms with Crippen LogP contribution in [-0.4, -0.2) is 15.9 Å². The number of para-hydroxylation sites is 1. The normalized spacial score (nSPS) is 10.5. The molecule has 0 atom stereocenters. The van der Waals surface area contributed by atoms with Crippen molar-refractivity contribution >= 4 is 17.4 Å². The second kappa shape index (κ2) is 7.90. The maximum atomic E-state index is 13.8. The summed E-state index contributed by atoms with van der Waals surface area (Å²) in [5, 5.41) is 5.37. The molecule has 0 spiro atoms. The summed E-state index contributed by atoms with van der Waals surface area (Å²) >= 11 is 0. The van der Waals surface area contributed by atoms with Gasteiger partial charge in [0.25, 0.3) is 5.91 Å². The van der Waals surface area contributed by atoms with Gasteiger partial charge < -0.3 is 10.6 Å². The summed E-state index contributed by atoms with van der Waals surface area (Å²) in [6, 6.07) is 12.6. The van der Waals surface area contributed by atoms with Crippen molar-refractivity contribution in [1.29, 1.82) is 0 Å². The van der Waals surface area contributed by atoms with Crippen LogP contribution in [0.1, 0.15) is 27.4 Å². The fraction of sp³-hybridized carbons (Fsp3) is 0.150. The zero-order chi connectivity index (χ0) is 19.4. The Kier molecular flexibility index (Phi) is 5.40. The highest BCUT2D eigenvalue weighted by Gasteiger charge is 2.14. The van der Waals surface area contributed by atoms with Gasteiger partial charge >= 0.3 is 0 Å². The molecule has 7 heteroatoms. The molecular formula is C20H18F2N4O. The number of aryl methyl sites for hydroxylation is 2. The fourth-order valence-electron chi connectivity index (χ4n) is 2.57. The van der Waals surface area contributed by atoms with Gasteiger partial charge in [-0.3, -0.25) is 4.79 Å². The average molecular weight is 368 g/mol. The molecule has 0 radical (unpaired) electrons. The van der Waals surface area contributed by atoms with Crippen molar-refractivity contribution < 1.29 is 13.6 Å². The molecule has 1 aromatic heterocycles. The van der Waals surface area contributed by atoms with Gasteiger partial charge in [0.05, 0.1) is 0 Å². The van der Waals surface area contributed by atoms with E-state index >= 15 is 0 Å². The van der Waals surface area contributed by atoms with Crippen molar-refractivity contribution in [2.45, 2.75) is 20.4 Å². The molecule has 27 heavy (non-hydrogen) atoms. The van der Waals surface area contributed by atoms with Crippen molar-refractivity contribution in [3.05, 3.63) is 82.8 Å². The highest BCUT2D eigenvalue weighted by Crippen LogP contribution is 2.22. The Hall–Kier alpha value is -3.35. The van der Waals surface area contributed by atoms with E-state index in [0.717, 1.165) is 23.3 Å². The fourth-order valence-corrected chi connectivity index (χ4v) is 2.57. The number of nitrogens with zero attached hydrogens (tertiary/aromatic N) is 2. The summed E-state index contributed by atoms with van der Waals surface area (Å²) in [6.07, 6.45) is 0. The lowest BCUT2D eigenvalue weighted by atomic mass is 10.1. The Morgan fingerprint density at radius 3 is 2.41 bits per heavy atom. The van der Waals surface area contributed by atoms with Crippen LogP contribution in [0, 0.1) is 25.5 Å². The molecule has 1 heterocycles. The lowest BCUT2D eigenvalue weighted by molar-refractivity contribution is 0.0945. The van der Waals surface area contributed by atoms with Crippen LogP contribution < -0.4 is 10.6 Å². The maximum absolute atomic E-state index is 13.8. The van der Waals surface area contributed by atoms with E-state index in [1.807, 2.05) is 31.2 Å². The number of benzene rings is 2. The van der Waals surface area contributed by atoms with Crippen LogP contribution in [0.3, 0.4) is 0 Å². The van der Waals surface area contributed by atoms with E-state index in [2.05, 4.69) is 20.6 Å². The van der Waals surface area contributed by atoms with Crippen LogP contribution in [0.25, 0.3) is 0 Å². The quantitative estimate of drug-likeness (QED) is 0.713. The Balaban J connectivity index is 1.78. The molecule has 2 N–H and O–H groups in total. The number of anilines is 2. The molecular weight excluding hydrogens is 350 g/mol. The van der Waals surface area contributed by atoms with Crippen molar-refractivity contribution in [3.8, 4) is 0 Å². The number of rotatable bonds is 5. The molecule has 1 amide bonds. The number of nitrogens with one attached hydrogen (secondary N) is 2. The number of amides is 1. The summed E-state index contributed by atoms with van der Waals surface area (Å²) in [5.41, 5.74) is 1.83. The summed E-state index contributed by atoms with van der Waals surface area (Å²) < 4.78 is 27.6. The predicted molar refractivity (Wildman–Crippen MR) is 98.8 cm³/mol. The van der Waals surface area contributed by atoms with E-state index in [0.29, 0.717) is 12.4 Å². The molecule has 0 unspecified atom stereocenters. The molecule has 0 bridgehead atoms. The van der Waals surface area contributed by atoms with Crippen molar-refractivity contribution in [1.82, 2.24) is 15.3 Å². The predicted octanol–water partition coefficient (Wildman–Crippen LogP) is 4.05. The molecule has 0 aliphatic carbocycles. The Labute approximate surface area is 155 Å². The molecule has 3 rings (SSSR count). The topological polar surface area (TPSA) is 66.9 Å². The minimum Gasteiger partial charge on any atom is -0.347 e. The zero-order valence-corrected chi connectivity index (χ0v) is 14.9. The highest BCUT2D eigenvalue weighted by atomic mass is 19.1. The maximum Gasteiger partial charge on any atom is 0.270 e. The third kappa shape index (κ3) is 4.44. The summed E-state index contributed by atoms with van der Waals surface area (Å²) in [7, 11) is 0. The third-order valence-electron chi connectivity index (χ3n) is 3.99. The number of carbonyl (C=O) groups excluding carboxylic acids is 1. The second-order valence-corrected chi connectivity index (χ2v) is 6.02. The largest absolute Gasteiger partial charge is 0.347 e. The number of carbonyl (C=O) groups is 1. The van der Waals surface area contributed by atoms with E-state index in [1.54, 1.807) is 6.92 Å². The first-order valence-electron chi connectivity index (χ1n) is 8.33. The van der Waals surface area contributed by atoms with Crippen LogP contribution in [0.15, 0.2) is 48.5 Å². The van der Waals surface area contributed by atoms with Crippen molar-refractivity contribution in [3.63, 3.8) is 0 Å². The molecule has 0 aliphatic rings. The summed E-state index contributed by atoms with van der Waals surface area (Å²) in [6.45, 7) is 3.90. The van der Waals surface area contributed by atoms with Gasteiger partial charge in [-0.2, -0.15) is 0 Å². The van der Waals surface area contributed by atoms with Crippen molar-refractivity contribution in [2.75, 3.05) is 5.32 Å². The number of hydrogen-bond donors (Lipinski definition) is 2. The van der Waals surface area contributed by atoms with E-state index in [4.69, 9.17) is 0 Å². The monoisotopic (exact) mass is 368 g/mol. The first-order chi connectivity index (χ1) is 12.9. The number of halogens is 2. The molecule has 5 nitrogen and oxygen atoms in total. The van der Waals surface area contributed by atoms with Crippen LogP contribution >= 0.6 is 0 Å². The van der Waals surface area contributed by atoms with Gasteiger partial charge in [-0.15, -0.1) is 0 Å². The van der Waals surface area contributed by atoms with Gasteiger partial charge in [0.2, 0.25) is 0 Å². The molecule has 0 aliphatic heterocycles. The average Bonchev–Trinajstić information content (AvgIpc) is 2.63. The van der Waals surface area contributed by atoms with E-state index in [1.165, 1.54) is 12.1 Å². The minimum atomic E-state index is -0.753. The smallest absolute Gasteiger partial charge is 0.270 e. The lowest BCUT2D eigenvalue weighted by Crippen LogP contribution is -2.24. The number of hydrogen-bond acceptors (Lipinski definition) is 4. The van der Waals surface area contributed by atoms with E-state index < -0.39 is 17.5 Å². The van der Waals surface area contributed by atoms with Gasteiger partial charge in [-0.05, 0) is 37.1 Å². The van der Waals surface area contributed by atoms with Crippen LogP contribution in [-0.2, 0) is 6.54 Å². The number of aromatic nitrogens is 2. The SMILES string of the molecule is Cc1nc(Nc2c(F)cccc2F)cc(C(=O)NCc2ccccc2C)n1. The van der Waals surface area contributed by atoms with Gasteiger partial charge in [0.1, 0.15) is 34.7 Å². The summed E-state index contributed by atoms with van der Waals surface area (Å²) in [4.78, 5) is 20.6. The first kappa shape index (κ1) is 18.4. The molecule has 138 valence electrons. The Morgan fingerprint density at radius 2 is 1.70 bits per heavy atom. The molecule has 0 fully saturated rings. The molecule has 0 saturated heterocycles. The minimum absolute atomic E-state index is 0.107.